The van der Waals surface area contributed by atoms with Gasteiger partial charge in [0.1, 0.15) is 12.1 Å². The molecule has 0 radical (unpaired) electrons. The summed E-state index contributed by atoms with van der Waals surface area (Å²) in [6.45, 7) is -0.950. The van der Waals surface area contributed by atoms with Crippen molar-refractivity contribution in [3.8, 4) is 0 Å². The number of alkyl halides is 3. The smallest absolute Gasteiger partial charge is 0.406 e. The van der Waals surface area contributed by atoms with Crippen LogP contribution in [0, 0.1) is 0 Å². The van der Waals surface area contributed by atoms with Gasteiger partial charge in [-0.25, -0.2) is 0 Å². The average molecular weight is 406 g/mol. The van der Waals surface area contributed by atoms with Crippen LogP contribution in [0.3, 0.4) is 0 Å². The number of halogens is 3. The zero-order valence-electron chi connectivity index (χ0n) is 15.4. The van der Waals surface area contributed by atoms with Gasteiger partial charge in [-0.15, -0.1) is 0 Å². The van der Waals surface area contributed by atoms with Crippen LogP contribution in [-0.4, -0.2) is 58.1 Å². The molecule has 10 heteroatoms. The molecule has 1 aliphatic heterocycles. The molecule has 4 rings (SSSR count). The number of carbonyl (C=O) groups is 2. The van der Waals surface area contributed by atoms with E-state index in [0.717, 1.165) is 12.4 Å². The molecule has 0 unspecified atom stereocenters. The van der Waals surface area contributed by atoms with Gasteiger partial charge in [0.15, 0.2) is 11.5 Å². The van der Waals surface area contributed by atoms with Crippen molar-refractivity contribution in [2.45, 2.75) is 19.1 Å². The maximum atomic E-state index is 12.9. The minimum Gasteiger partial charge on any atom is -0.451 e. The molecule has 0 spiro atoms. The number of furan rings is 1. The van der Waals surface area contributed by atoms with Crippen LogP contribution < -0.4 is 0 Å². The Morgan fingerprint density at radius 3 is 2.79 bits per heavy atom. The van der Waals surface area contributed by atoms with Gasteiger partial charge in [-0.05, 0) is 12.1 Å². The third kappa shape index (κ3) is 3.69. The van der Waals surface area contributed by atoms with E-state index in [1.807, 2.05) is 12.1 Å². The third-order valence-corrected chi connectivity index (χ3v) is 4.82. The maximum Gasteiger partial charge on any atom is 0.406 e. The Balaban J connectivity index is 1.56. The van der Waals surface area contributed by atoms with E-state index in [1.165, 1.54) is 4.90 Å². The van der Waals surface area contributed by atoms with Crippen LogP contribution in [0.15, 0.2) is 34.7 Å². The summed E-state index contributed by atoms with van der Waals surface area (Å²) in [4.78, 5) is 27.4. The lowest BCUT2D eigenvalue weighted by molar-refractivity contribution is -0.138. The van der Waals surface area contributed by atoms with Crippen molar-refractivity contribution >= 4 is 22.8 Å². The molecule has 1 aliphatic rings. The first-order chi connectivity index (χ1) is 13.7. The van der Waals surface area contributed by atoms with Crippen LogP contribution in [0.2, 0.25) is 0 Å². The Hall–Kier alpha value is -3.30. The van der Waals surface area contributed by atoms with Crippen LogP contribution in [0.5, 0.6) is 0 Å². The van der Waals surface area contributed by atoms with E-state index >= 15 is 0 Å². The predicted octanol–water partition coefficient (Wildman–Crippen LogP) is 2.99. The fraction of sp³-hybridized carbons (Fsp3) is 0.316. The molecule has 0 saturated carbocycles. The first-order valence-electron chi connectivity index (χ1n) is 8.89. The number of benzene rings is 1. The number of carbonyl (C=O) groups excluding carboxylic acids is 2. The summed E-state index contributed by atoms with van der Waals surface area (Å²) >= 11 is 0. The number of hydrogen-bond acceptors (Lipinski definition) is 4. The summed E-state index contributed by atoms with van der Waals surface area (Å²) in [5.41, 5.74) is 1.55. The summed E-state index contributed by atoms with van der Waals surface area (Å²) in [7, 11) is 1.07. The van der Waals surface area contributed by atoms with Crippen LogP contribution in [0.25, 0.3) is 11.0 Å². The van der Waals surface area contributed by atoms with E-state index in [1.54, 1.807) is 18.2 Å². The maximum absolute atomic E-state index is 12.9. The van der Waals surface area contributed by atoms with Gasteiger partial charge >= 0.3 is 6.18 Å². The summed E-state index contributed by atoms with van der Waals surface area (Å²) in [6, 6.07) is 8.86. The number of nitrogens with one attached hydrogen (secondary N) is 1. The highest BCUT2D eigenvalue weighted by Crippen LogP contribution is 2.26. The highest BCUT2D eigenvalue weighted by atomic mass is 19.4. The van der Waals surface area contributed by atoms with Crippen LogP contribution in [-0.2, 0) is 13.0 Å². The van der Waals surface area contributed by atoms with Gasteiger partial charge in [0, 0.05) is 36.7 Å². The van der Waals surface area contributed by atoms with Gasteiger partial charge in [0.2, 0.25) is 0 Å². The highest BCUT2D eigenvalue weighted by Gasteiger charge is 2.35. The molecule has 0 bridgehead atoms. The van der Waals surface area contributed by atoms with Crippen LogP contribution in [0.1, 0.15) is 32.3 Å². The number of aromatic nitrogens is 2. The minimum atomic E-state index is -4.51. The number of para-hydroxylation sites is 1. The summed E-state index contributed by atoms with van der Waals surface area (Å²) in [6.07, 6.45) is -4.10. The lowest BCUT2D eigenvalue weighted by Crippen LogP contribution is -2.38. The van der Waals surface area contributed by atoms with Crippen LogP contribution >= 0.6 is 0 Å². The van der Waals surface area contributed by atoms with E-state index in [0.29, 0.717) is 34.7 Å². The van der Waals surface area contributed by atoms with Gasteiger partial charge in [-0.1, -0.05) is 18.2 Å². The van der Waals surface area contributed by atoms with E-state index in [4.69, 9.17) is 4.42 Å². The van der Waals surface area contributed by atoms with Crippen molar-refractivity contribution in [3.63, 3.8) is 0 Å². The van der Waals surface area contributed by atoms with Gasteiger partial charge in [0.25, 0.3) is 11.8 Å². The number of fused-ring (bicyclic) bond motifs is 2. The Kier molecular flexibility index (Phi) is 4.56. The first-order valence-corrected chi connectivity index (χ1v) is 8.89. The van der Waals surface area contributed by atoms with E-state index in [2.05, 4.69) is 10.2 Å². The van der Waals surface area contributed by atoms with Gasteiger partial charge < -0.3 is 14.2 Å². The van der Waals surface area contributed by atoms with Gasteiger partial charge in [0.05, 0.1) is 6.54 Å². The second-order valence-corrected chi connectivity index (χ2v) is 6.93. The second-order valence-electron chi connectivity index (χ2n) is 6.93. The molecule has 0 aliphatic carbocycles. The van der Waals surface area contributed by atoms with E-state index < -0.39 is 18.6 Å². The quantitative estimate of drug-likeness (QED) is 0.725. The Labute approximate surface area is 163 Å². The molecule has 152 valence electrons. The van der Waals surface area contributed by atoms with Crippen LogP contribution in [0.4, 0.5) is 13.2 Å². The van der Waals surface area contributed by atoms with Crippen molar-refractivity contribution in [1.29, 1.82) is 0 Å². The first kappa shape index (κ1) is 19.0. The Morgan fingerprint density at radius 2 is 2.07 bits per heavy atom. The number of aromatic amines is 1. The average Bonchev–Trinajstić information content (AvgIpc) is 3.29. The normalized spacial score (nSPS) is 14.1. The molecule has 29 heavy (non-hydrogen) atoms. The number of rotatable bonds is 3. The molecule has 7 nitrogen and oxygen atoms in total. The SMILES string of the molecule is CN(CC(F)(F)F)C(=O)c1n[nH]c2c1CN(C(=O)c1cc3ccccc3o1)CC2. The second kappa shape index (κ2) is 6.94. The summed E-state index contributed by atoms with van der Waals surface area (Å²) < 4.78 is 43.4. The lowest BCUT2D eigenvalue weighted by atomic mass is 10.0. The Bertz CT molecular complexity index is 1050. The standard InChI is InChI=1S/C19H17F3N4O3/c1-25(10-19(20,21)22)18(28)16-12-9-26(7-6-13(12)23-24-16)17(27)15-8-11-4-2-3-5-14(11)29-15/h2-5,8H,6-7,9-10H2,1H3,(H,23,24). The van der Waals surface area contributed by atoms with E-state index in [9.17, 15) is 22.8 Å². The van der Waals surface area contributed by atoms with Crippen molar-refractivity contribution < 1.29 is 27.2 Å². The molecular formula is C19H17F3N4O3. The molecule has 1 aromatic carbocycles. The minimum absolute atomic E-state index is 0.0582. The summed E-state index contributed by atoms with van der Waals surface area (Å²) in [5, 5.41) is 7.40. The summed E-state index contributed by atoms with van der Waals surface area (Å²) in [5.74, 6) is -1.03. The van der Waals surface area contributed by atoms with E-state index in [-0.39, 0.29) is 23.9 Å². The molecular weight excluding hydrogens is 389 g/mol. The van der Waals surface area contributed by atoms with Crippen molar-refractivity contribution in [3.05, 3.63) is 53.0 Å². The van der Waals surface area contributed by atoms with Crippen molar-refractivity contribution in [1.82, 2.24) is 20.0 Å². The number of nitrogens with zero attached hydrogens (tertiary/aromatic N) is 3. The molecule has 2 amide bonds. The van der Waals surface area contributed by atoms with Gasteiger partial charge in [-0.2, -0.15) is 18.3 Å². The van der Waals surface area contributed by atoms with Crippen molar-refractivity contribution in [2.75, 3.05) is 20.1 Å². The Morgan fingerprint density at radius 1 is 1.31 bits per heavy atom. The number of amides is 2. The fourth-order valence-electron chi connectivity index (χ4n) is 3.41. The predicted molar refractivity (Wildman–Crippen MR) is 96.3 cm³/mol. The molecule has 3 aromatic rings. The zero-order valence-corrected chi connectivity index (χ0v) is 15.4. The third-order valence-electron chi connectivity index (χ3n) is 4.82. The fourth-order valence-corrected chi connectivity index (χ4v) is 3.41. The molecule has 3 heterocycles. The largest absolute Gasteiger partial charge is 0.451 e. The molecule has 0 atom stereocenters. The van der Waals surface area contributed by atoms with Crippen molar-refractivity contribution in [2.24, 2.45) is 0 Å². The number of H-pyrrole nitrogens is 1. The van der Waals surface area contributed by atoms with Gasteiger partial charge in [-0.3, -0.25) is 14.7 Å². The monoisotopic (exact) mass is 406 g/mol. The molecule has 0 fully saturated rings. The zero-order chi connectivity index (χ0) is 20.8. The highest BCUT2D eigenvalue weighted by molar-refractivity contribution is 5.97. The molecule has 0 saturated heterocycles. The molecule has 1 N–H and O–H groups in total. The lowest BCUT2D eigenvalue weighted by Gasteiger charge is -2.26. The topological polar surface area (TPSA) is 82.4 Å². The molecule has 2 aromatic heterocycles. The number of hydrogen-bond donors (Lipinski definition) is 1.